The third kappa shape index (κ3) is 5.18. The number of aliphatic hydroxyl groups excluding tert-OH is 2. The van der Waals surface area contributed by atoms with Gasteiger partial charge in [0.25, 0.3) is 5.91 Å². The molecule has 3 rings (SSSR count). The minimum absolute atomic E-state index is 0.00330. The van der Waals surface area contributed by atoms with E-state index in [0.29, 0.717) is 0 Å². The van der Waals surface area contributed by atoms with E-state index in [1.165, 1.54) is 10.9 Å². The molecule has 0 aromatic carbocycles. The first-order valence-electron chi connectivity index (χ1n) is 9.51. The maximum atomic E-state index is 12.2. The highest BCUT2D eigenvalue weighted by molar-refractivity contribution is 7.53. The minimum Gasteiger partial charge on any atom is -0.387 e. The molecule has 7 N–H and O–H groups in total. The van der Waals surface area contributed by atoms with Gasteiger partial charge < -0.3 is 40.5 Å². The van der Waals surface area contributed by atoms with E-state index in [2.05, 4.69) is 20.3 Å². The van der Waals surface area contributed by atoms with Gasteiger partial charge in [0, 0.05) is 6.54 Å². The van der Waals surface area contributed by atoms with E-state index in [4.69, 9.17) is 26.8 Å². The quantitative estimate of drug-likeness (QED) is 0.192. The van der Waals surface area contributed by atoms with Crippen LogP contribution in [0.15, 0.2) is 6.33 Å². The van der Waals surface area contributed by atoms with Crippen LogP contribution in [0.3, 0.4) is 0 Å². The molecule has 2 aromatic rings. The van der Waals surface area contributed by atoms with Gasteiger partial charge in [-0.25, -0.2) is 4.98 Å². The maximum Gasteiger partial charge on any atom is 0.363 e. The van der Waals surface area contributed by atoms with Gasteiger partial charge in [-0.05, 0) is 17.5 Å². The van der Waals surface area contributed by atoms with Crippen molar-refractivity contribution >= 4 is 42.1 Å². The number of amides is 1. The fourth-order valence-electron chi connectivity index (χ4n) is 3.10. The smallest absolute Gasteiger partial charge is 0.363 e. The Bertz CT molecular complexity index is 1030. The molecule has 2 aromatic heterocycles. The number of hydrogen-bond donors (Lipinski definition) is 6. The standard InChI is InChI=1S/C16H24ClN6O8P/c1-6(2)3-19-13(26)15(32(27,28)29)30-4-7-9(24)10(25)14(31-7)23-5-20-8-11(18)21-16(17)22-12(8)23/h5-7,9-10,14-15,24-25H,3-4H2,1-2H3,(H,19,26)(H2,18,21,22)(H2,27,28,29)/t7-,9-,10-,14?,15-/m1/s1. The Kier molecular flexibility index (Phi) is 7.37. The first-order chi connectivity index (χ1) is 14.9. The summed E-state index contributed by atoms with van der Waals surface area (Å²) in [6, 6.07) is 0. The number of imidazole rings is 1. The van der Waals surface area contributed by atoms with Crippen LogP contribution in [0.5, 0.6) is 0 Å². The lowest BCUT2D eigenvalue weighted by Crippen LogP contribution is -2.41. The first kappa shape index (κ1) is 24.7. The van der Waals surface area contributed by atoms with E-state index in [-0.39, 0.29) is 34.7 Å². The van der Waals surface area contributed by atoms with Crippen molar-refractivity contribution in [3.05, 3.63) is 11.6 Å². The first-order valence-corrected chi connectivity index (χ1v) is 11.6. The molecule has 1 aliphatic rings. The Morgan fingerprint density at radius 3 is 2.69 bits per heavy atom. The van der Waals surface area contributed by atoms with Gasteiger partial charge in [0.1, 0.15) is 23.8 Å². The average Bonchev–Trinajstić information content (AvgIpc) is 3.21. The molecule has 0 bridgehead atoms. The average molecular weight is 495 g/mol. The van der Waals surface area contributed by atoms with Gasteiger partial charge >= 0.3 is 7.60 Å². The van der Waals surface area contributed by atoms with Crippen molar-refractivity contribution in [2.24, 2.45) is 5.92 Å². The predicted molar refractivity (Wildman–Crippen MR) is 110 cm³/mol. The molecular weight excluding hydrogens is 471 g/mol. The number of carbonyl (C=O) groups is 1. The summed E-state index contributed by atoms with van der Waals surface area (Å²) in [7, 11) is -4.99. The Balaban J connectivity index is 1.75. The van der Waals surface area contributed by atoms with Gasteiger partial charge in [0.05, 0.1) is 12.9 Å². The summed E-state index contributed by atoms with van der Waals surface area (Å²) in [5.74, 6) is -3.06. The van der Waals surface area contributed by atoms with Gasteiger partial charge in [0.15, 0.2) is 17.7 Å². The highest BCUT2D eigenvalue weighted by atomic mass is 35.5. The normalized spacial score (nSPS) is 24.9. The molecule has 0 spiro atoms. The maximum absolute atomic E-state index is 12.2. The van der Waals surface area contributed by atoms with Gasteiger partial charge in [0.2, 0.25) is 11.1 Å². The number of aromatic nitrogens is 4. The summed E-state index contributed by atoms with van der Waals surface area (Å²) >= 11 is 5.83. The largest absolute Gasteiger partial charge is 0.387 e. The van der Waals surface area contributed by atoms with Gasteiger partial charge in [-0.2, -0.15) is 9.97 Å². The fraction of sp³-hybridized carbons (Fsp3) is 0.625. The molecule has 0 radical (unpaired) electrons. The monoisotopic (exact) mass is 494 g/mol. The number of fused-ring (bicyclic) bond motifs is 1. The molecule has 14 nitrogen and oxygen atoms in total. The van der Waals surface area contributed by atoms with E-state index in [0.717, 1.165) is 0 Å². The zero-order valence-corrected chi connectivity index (χ0v) is 18.7. The van der Waals surface area contributed by atoms with Crippen LogP contribution >= 0.6 is 19.2 Å². The van der Waals surface area contributed by atoms with Crippen molar-refractivity contribution in [3.63, 3.8) is 0 Å². The number of anilines is 1. The van der Waals surface area contributed by atoms with Crippen molar-refractivity contribution in [2.45, 2.75) is 44.2 Å². The molecule has 16 heteroatoms. The molecule has 178 valence electrons. The number of rotatable bonds is 8. The lowest BCUT2D eigenvalue weighted by molar-refractivity contribution is -0.133. The van der Waals surface area contributed by atoms with E-state index in [1.807, 2.05) is 13.8 Å². The number of halogens is 1. The number of nitrogens with one attached hydrogen (secondary N) is 1. The molecule has 0 saturated carbocycles. The van der Waals surface area contributed by atoms with E-state index < -0.39 is 50.5 Å². The van der Waals surface area contributed by atoms with E-state index in [1.54, 1.807) is 0 Å². The van der Waals surface area contributed by atoms with Gasteiger partial charge in [-0.15, -0.1) is 0 Å². The highest BCUT2D eigenvalue weighted by Gasteiger charge is 2.46. The van der Waals surface area contributed by atoms with Gasteiger partial charge in [-0.3, -0.25) is 13.9 Å². The van der Waals surface area contributed by atoms with Crippen LogP contribution < -0.4 is 11.1 Å². The number of nitrogens with two attached hydrogens (primary N) is 1. The number of nitrogen functional groups attached to an aromatic ring is 1. The number of ether oxygens (including phenoxy) is 2. The fourth-order valence-corrected chi connectivity index (χ4v) is 3.95. The Morgan fingerprint density at radius 1 is 1.38 bits per heavy atom. The SMILES string of the molecule is CC(C)CNC(=O)[C@H](OC[C@H]1OC(n2cnc3c(N)nc(Cl)nc32)[C@H](O)[C@@H]1O)P(=O)(O)O. The lowest BCUT2D eigenvalue weighted by Gasteiger charge is -2.22. The van der Waals surface area contributed by atoms with E-state index >= 15 is 0 Å². The summed E-state index contributed by atoms with van der Waals surface area (Å²) in [4.78, 5) is 43.0. The van der Waals surface area contributed by atoms with Crippen molar-refractivity contribution in [1.82, 2.24) is 24.8 Å². The van der Waals surface area contributed by atoms with Crippen LogP contribution in [0.4, 0.5) is 5.82 Å². The Morgan fingerprint density at radius 2 is 2.06 bits per heavy atom. The van der Waals surface area contributed by atoms with E-state index in [9.17, 15) is 29.4 Å². The van der Waals surface area contributed by atoms with Crippen LogP contribution in [0.2, 0.25) is 5.28 Å². The summed E-state index contributed by atoms with van der Waals surface area (Å²) in [5.41, 5.74) is 6.09. The Labute approximate surface area is 186 Å². The number of hydrogen-bond acceptors (Lipinski definition) is 10. The van der Waals surface area contributed by atoms with Crippen LogP contribution in [-0.2, 0) is 18.8 Å². The molecule has 1 fully saturated rings. The number of nitrogens with zero attached hydrogens (tertiary/aromatic N) is 4. The summed E-state index contributed by atoms with van der Waals surface area (Å²) in [5, 5.41) is 23.1. The molecule has 1 saturated heterocycles. The highest BCUT2D eigenvalue weighted by Crippen LogP contribution is 2.42. The zero-order valence-electron chi connectivity index (χ0n) is 17.1. The molecule has 3 heterocycles. The van der Waals surface area contributed by atoms with Crippen molar-refractivity contribution < 1.29 is 38.8 Å². The third-order valence-electron chi connectivity index (χ3n) is 4.67. The second-order valence-electron chi connectivity index (χ2n) is 7.66. The molecule has 1 amide bonds. The summed E-state index contributed by atoms with van der Waals surface area (Å²) < 4.78 is 23.8. The van der Waals surface area contributed by atoms with Crippen LogP contribution in [-0.4, -0.2) is 82.7 Å². The molecule has 1 unspecified atom stereocenters. The summed E-state index contributed by atoms with van der Waals surface area (Å²) in [6.45, 7) is 3.21. The van der Waals surface area contributed by atoms with Crippen molar-refractivity contribution in [2.75, 3.05) is 18.9 Å². The van der Waals surface area contributed by atoms with Crippen LogP contribution in [0.25, 0.3) is 11.2 Å². The zero-order chi connectivity index (χ0) is 23.8. The van der Waals surface area contributed by atoms with Gasteiger partial charge in [-0.1, -0.05) is 13.8 Å². The minimum atomic E-state index is -4.99. The second kappa shape index (κ2) is 9.53. The second-order valence-corrected chi connectivity index (χ2v) is 9.65. The molecule has 32 heavy (non-hydrogen) atoms. The van der Waals surface area contributed by atoms with Crippen LogP contribution in [0, 0.1) is 5.92 Å². The lowest BCUT2D eigenvalue weighted by atomic mass is 10.1. The van der Waals surface area contributed by atoms with Crippen LogP contribution in [0.1, 0.15) is 20.1 Å². The molecule has 0 aliphatic carbocycles. The molecule has 5 atom stereocenters. The number of aliphatic hydroxyl groups is 2. The Hall–Kier alpha value is -1.90. The molecular formula is C16H24ClN6O8P. The molecule has 1 aliphatic heterocycles. The van der Waals surface area contributed by atoms with Crippen molar-refractivity contribution in [3.8, 4) is 0 Å². The topological polar surface area (TPSA) is 215 Å². The third-order valence-corrected chi connectivity index (χ3v) is 5.83. The summed E-state index contributed by atoms with van der Waals surface area (Å²) in [6.07, 6.45) is -4.16. The predicted octanol–water partition coefficient (Wildman–Crippen LogP) is -1.03. The van der Waals surface area contributed by atoms with Crippen molar-refractivity contribution in [1.29, 1.82) is 0 Å². The number of carbonyl (C=O) groups excluding carboxylic acids is 1.